The van der Waals surface area contributed by atoms with Gasteiger partial charge in [-0.2, -0.15) is 0 Å². The number of hydrogen-bond donors (Lipinski definition) is 1. The quantitative estimate of drug-likeness (QED) is 0.833. The van der Waals surface area contributed by atoms with Crippen molar-refractivity contribution < 1.29 is 5.32 Å². The lowest BCUT2D eigenvalue weighted by Crippen LogP contribution is -2.85. The Bertz CT molecular complexity index is 386. The summed E-state index contributed by atoms with van der Waals surface area (Å²) in [7, 11) is 0. The van der Waals surface area contributed by atoms with E-state index in [-0.39, 0.29) is 0 Å². The Hall–Kier alpha value is -1.67. The van der Waals surface area contributed by atoms with Crippen molar-refractivity contribution >= 4 is 0 Å². The van der Waals surface area contributed by atoms with Crippen LogP contribution in [0.3, 0.4) is 0 Å². The third-order valence-corrected chi connectivity index (χ3v) is 2.91. The van der Waals surface area contributed by atoms with Crippen LogP contribution in [0, 0.1) is 0 Å². The molecule has 1 aromatic heterocycles. The Morgan fingerprint density at radius 2 is 1.65 bits per heavy atom. The van der Waals surface area contributed by atoms with Crippen LogP contribution >= 0.6 is 0 Å². The zero-order valence-electron chi connectivity index (χ0n) is 10.2. The minimum atomic E-state index is 0.388. The van der Waals surface area contributed by atoms with Gasteiger partial charge in [0, 0.05) is 23.5 Å². The van der Waals surface area contributed by atoms with Gasteiger partial charge in [0.15, 0.2) is 0 Å². The number of pyridine rings is 1. The summed E-state index contributed by atoms with van der Waals surface area (Å²) < 4.78 is 0. The van der Waals surface area contributed by atoms with Gasteiger partial charge in [0.1, 0.15) is 6.04 Å². The molecule has 0 aliphatic heterocycles. The first-order valence-corrected chi connectivity index (χ1v) is 6.20. The largest absolute Gasteiger partial charge is 0.336 e. The Balaban J connectivity index is 2.26. The number of rotatable bonds is 5. The molecule has 0 aliphatic rings. The first kappa shape index (κ1) is 11.8. The fraction of sp³-hybridized carbons (Fsp3) is 0.267. The Kier molecular flexibility index (Phi) is 4.28. The first-order valence-electron chi connectivity index (χ1n) is 6.20. The number of quaternary nitrogens is 1. The predicted octanol–water partition coefficient (Wildman–Crippen LogP) is 2.14. The molecule has 2 heteroatoms. The minimum Gasteiger partial charge on any atom is -0.336 e. The second-order valence-electron chi connectivity index (χ2n) is 4.19. The van der Waals surface area contributed by atoms with E-state index in [4.69, 9.17) is 0 Å². The average Bonchev–Trinajstić information content (AvgIpc) is 2.42. The lowest BCUT2D eigenvalue weighted by atomic mass is 10.00. The van der Waals surface area contributed by atoms with E-state index < -0.39 is 0 Å². The van der Waals surface area contributed by atoms with E-state index in [1.807, 2.05) is 12.4 Å². The number of benzene rings is 1. The first-order chi connectivity index (χ1) is 8.42. The molecule has 2 nitrogen and oxygen atoms in total. The summed E-state index contributed by atoms with van der Waals surface area (Å²) in [6, 6.07) is 15.2. The zero-order valence-corrected chi connectivity index (χ0v) is 10.2. The van der Waals surface area contributed by atoms with Gasteiger partial charge in [-0.3, -0.25) is 4.98 Å². The van der Waals surface area contributed by atoms with Gasteiger partial charge in [-0.15, -0.1) is 0 Å². The molecule has 0 unspecified atom stereocenters. The lowest BCUT2D eigenvalue weighted by Gasteiger charge is -2.15. The summed E-state index contributed by atoms with van der Waals surface area (Å²) in [5.74, 6) is 0. The highest BCUT2D eigenvalue weighted by Gasteiger charge is 2.15. The van der Waals surface area contributed by atoms with Gasteiger partial charge < -0.3 is 5.32 Å². The highest BCUT2D eigenvalue weighted by Crippen LogP contribution is 2.16. The van der Waals surface area contributed by atoms with Crippen LogP contribution in [0.5, 0.6) is 0 Å². The highest BCUT2D eigenvalue weighted by atomic mass is 14.9. The zero-order chi connectivity index (χ0) is 11.9. The normalized spacial score (nSPS) is 12.3. The molecular formula is C15H19N2+. The average molecular weight is 227 g/mol. The summed E-state index contributed by atoms with van der Waals surface area (Å²) in [6.07, 6.45) is 4.92. The second-order valence-corrected chi connectivity index (χ2v) is 4.19. The standard InChI is InChI=1S/C15H18N2/c1-2-10-17-15(13-6-4-3-5-7-13)14-8-11-16-12-9-14/h3-9,11-12,15,17H,2,10H2,1H3/p+1/t15-/m0/s1. The molecule has 2 rings (SSSR count). The summed E-state index contributed by atoms with van der Waals surface area (Å²) in [4.78, 5) is 4.09. The van der Waals surface area contributed by atoms with Crippen LogP contribution in [-0.2, 0) is 0 Å². The Labute approximate surface area is 103 Å². The van der Waals surface area contributed by atoms with Crippen molar-refractivity contribution in [2.24, 2.45) is 0 Å². The molecular weight excluding hydrogens is 208 g/mol. The third-order valence-electron chi connectivity index (χ3n) is 2.91. The summed E-state index contributed by atoms with van der Waals surface area (Å²) in [5.41, 5.74) is 2.67. The van der Waals surface area contributed by atoms with Crippen LogP contribution in [0.2, 0.25) is 0 Å². The van der Waals surface area contributed by atoms with E-state index in [9.17, 15) is 0 Å². The molecule has 0 saturated heterocycles. The van der Waals surface area contributed by atoms with Gasteiger partial charge in [0.25, 0.3) is 0 Å². The molecule has 1 atom stereocenters. The maximum absolute atomic E-state index is 4.09. The number of nitrogens with zero attached hydrogens (tertiary/aromatic N) is 1. The highest BCUT2D eigenvalue weighted by molar-refractivity contribution is 5.27. The Morgan fingerprint density at radius 1 is 1.00 bits per heavy atom. The van der Waals surface area contributed by atoms with Gasteiger partial charge in [-0.1, -0.05) is 37.3 Å². The van der Waals surface area contributed by atoms with Crippen LogP contribution < -0.4 is 5.32 Å². The van der Waals surface area contributed by atoms with Gasteiger partial charge in [-0.25, -0.2) is 0 Å². The Morgan fingerprint density at radius 3 is 2.29 bits per heavy atom. The maximum Gasteiger partial charge on any atom is 0.137 e. The molecule has 0 radical (unpaired) electrons. The van der Waals surface area contributed by atoms with E-state index in [0.717, 1.165) is 6.54 Å². The lowest BCUT2D eigenvalue weighted by molar-refractivity contribution is -0.687. The molecule has 1 aromatic carbocycles. The van der Waals surface area contributed by atoms with E-state index in [1.165, 1.54) is 17.5 Å². The van der Waals surface area contributed by atoms with Gasteiger partial charge in [0.05, 0.1) is 6.54 Å². The molecule has 0 saturated carbocycles. The van der Waals surface area contributed by atoms with Crippen molar-refractivity contribution in [2.75, 3.05) is 6.54 Å². The van der Waals surface area contributed by atoms with E-state index in [1.54, 1.807) is 0 Å². The molecule has 0 amide bonds. The van der Waals surface area contributed by atoms with Crippen molar-refractivity contribution in [3.8, 4) is 0 Å². The van der Waals surface area contributed by atoms with Crippen LogP contribution in [0.25, 0.3) is 0 Å². The second kappa shape index (κ2) is 6.16. The van der Waals surface area contributed by atoms with Crippen molar-refractivity contribution in [1.82, 2.24) is 4.98 Å². The summed E-state index contributed by atoms with van der Waals surface area (Å²) >= 11 is 0. The van der Waals surface area contributed by atoms with E-state index in [0.29, 0.717) is 6.04 Å². The predicted molar refractivity (Wildman–Crippen MR) is 69.6 cm³/mol. The molecule has 1 heterocycles. The SMILES string of the molecule is CCC[NH2+][C@@H](c1ccccc1)c1ccncc1. The van der Waals surface area contributed by atoms with Crippen LogP contribution in [0.1, 0.15) is 30.5 Å². The van der Waals surface area contributed by atoms with Crippen molar-refractivity contribution in [1.29, 1.82) is 0 Å². The molecule has 2 N–H and O–H groups in total. The number of aromatic nitrogens is 1. The summed E-state index contributed by atoms with van der Waals surface area (Å²) in [5, 5.41) is 2.39. The molecule has 88 valence electrons. The molecule has 0 aliphatic carbocycles. The molecule has 0 fully saturated rings. The fourth-order valence-corrected chi connectivity index (χ4v) is 2.03. The fourth-order valence-electron chi connectivity index (χ4n) is 2.03. The maximum atomic E-state index is 4.09. The van der Waals surface area contributed by atoms with Crippen molar-refractivity contribution in [2.45, 2.75) is 19.4 Å². The molecule has 0 bridgehead atoms. The molecule has 2 aromatic rings. The third kappa shape index (κ3) is 3.14. The van der Waals surface area contributed by atoms with E-state index >= 15 is 0 Å². The van der Waals surface area contributed by atoms with Crippen molar-refractivity contribution in [3.63, 3.8) is 0 Å². The number of hydrogen-bond acceptors (Lipinski definition) is 1. The van der Waals surface area contributed by atoms with E-state index in [2.05, 4.69) is 59.7 Å². The smallest absolute Gasteiger partial charge is 0.137 e. The minimum absolute atomic E-state index is 0.388. The topological polar surface area (TPSA) is 29.5 Å². The van der Waals surface area contributed by atoms with Crippen LogP contribution in [0.4, 0.5) is 0 Å². The van der Waals surface area contributed by atoms with Crippen LogP contribution in [-0.4, -0.2) is 11.5 Å². The van der Waals surface area contributed by atoms with Gasteiger partial charge >= 0.3 is 0 Å². The molecule has 17 heavy (non-hydrogen) atoms. The van der Waals surface area contributed by atoms with Crippen molar-refractivity contribution in [3.05, 3.63) is 66.0 Å². The number of nitrogens with two attached hydrogens (primary N) is 1. The molecule has 0 spiro atoms. The summed E-state index contributed by atoms with van der Waals surface area (Å²) in [6.45, 7) is 3.35. The van der Waals surface area contributed by atoms with Gasteiger partial charge in [0.2, 0.25) is 0 Å². The van der Waals surface area contributed by atoms with Gasteiger partial charge in [-0.05, 0) is 18.6 Å². The van der Waals surface area contributed by atoms with Crippen LogP contribution in [0.15, 0.2) is 54.9 Å². The monoisotopic (exact) mass is 227 g/mol.